The summed E-state index contributed by atoms with van der Waals surface area (Å²) in [7, 11) is 1.37. The molecule has 2 aromatic rings. The summed E-state index contributed by atoms with van der Waals surface area (Å²) in [6.07, 6.45) is 0. The molecule has 88 valence electrons. The summed E-state index contributed by atoms with van der Waals surface area (Å²) in [6, 6.07) is 5.88. The first kappa shape index (κ1) is 11.6. The van der Waals surface area contributed by atoms with Crippen LogP contribution in [-0.4, -0.2) is 18.1 Å². The van der Waals surface area contributed by atoms with Gasteiger partial charge in [-0.2, -0.15) is 0 Å². The van der Waals surface area contributed by atoms with Gasteiger partial charge in [0.15, 0.2) is 0 Å². The first-order valence-electron chi connectivity index (χ1n) is 5.50. The number of hydrogen-bond acceptors (Lipinski definition) is 3. The van der Waals surface area contributed by atoms with Gasteiger partial charge in [-0.05, 0) is 43.5 Å². The van der Waals surface area contributed by atoms with E-state index in [1.807, 2.05) is 26.8 Å². The molecule has 1 aromatic carbocycles. The van der Waals surface area contributed by atoms with Crippen molar-refractivity contribution in [1.82, 2.24) is 4.98 Å². The number of esters is 1. The third-order valence-electron chi connectivity index (χ3n) is 3.11. The number of carbonyl (C=O) groups excluding carboxylic acids is 1. The molecule has 3 nitrogen and oxygen atoms in total. The third-order valence-corrected chi connectivity index (χ3v) is 3.11. The normalized spacial score (nSPS) is 10.6. The lowest BCUT2D eigenvalue weighted by atomic mass is 10.0. The SMILES string of the molecule is COC(=O)c1cc(C)c2ccc(C)c(C)c2n1. The van der Waals surface area contributed by atoms with E-state index in [0.29, 0.717) is 5.69 Å². The molecule has 0 saturated carbocycles. The van der Waals surface area contributed by atoms with Crippen LogP contribution in [0.15, 0.2) is 18.2 Å². The van der Waals surface area contributed by atoms with Crippen molar-refractivity contribution in [2.45, 2.75) is 20.8 Å². The molecule has 0 spiro atoms. The van der Waals surface area contributed by atoms with Crippen LogP contribution in [0.5, 0.6) is 0 Å². The molecule has 17 heavy (non-hydrogen) atoms. The molecule has 0 radical (unpaired) electrons. The van der Waals surface area contributed by atoms with Gasteiger partial charge in [0.2, 0.25) is 0 Å². The maximum atomic E-state index is 11.5. The Bertz CT molecular complexity index is 603. The predicted molar refractivity (Wildman–Crippen MR) is 67.3 cm³/mol. The van der Waals surface area contributed by atoms with Crippen LogP contribution in [0.1, 0.15) is 27.2 Å². The fourth-order valence-corrected chi connectivity index (χ4v) is 1.91. The van der Waals surface area contributed by atoms with Crippen LogP contribution >= 0.6 is 0 Å². The topological polar surface area (TPSA) is 39.2 Å². The van der Waals surface area contributed by atoms with Crippen molar-refractivity contribution >= 4 is 16.9 Å². The Balaban J connectivity index is 2.79. The summed E-state index contributed by atoms with van der Waals surface area (Å²) in [5.74, 6) is -0.393. The van der Waals surface area contributed by atoms with E-state index in [1.54, 1.807) is 6.07 Å². The standard InChI is InChI=1S/C14H15NO2/c1-8-5-6-11-9(2)7-12(14(16)17-4)15-13(11)10(8)3/h5-7H,1-4H3. The van der Waals surface area contributed by atoms with Crippen molar-refractivity contribution in [3.63, 3.8) is 0 Å². The lowest BCUT2D eigenvalue weighted by molar-refractivity contribution is 0.0594. The van der Waals surface area contributed by atoms with Crippen LogP contribution in [0.25, 0.3) is 10.9 Å². The smallest absolute Gasteiger partial charge is 0.356 e. The van der Waals surface area contributed by atoms with Crippen molar-refractivity contribution in [3.05, 3.63) is 40.6 Å². The molecule has 0 aliphatic rings. The van der Waals surface area contributed by atoms with E-state index in [2.05, 4.69) is 11.1 Å². The lowest BCUT2D eigenvalue weighted by Gasteiger charge is -2.09. The number of pyridine rings is 1. The van der Waals surface area contributed by atoms with Crippen molar-refractivity contribution in [2.24, 2.45) is 0 Å². The lowest BCUT2D eigenvalue weighted by Crippen LogP contribution is -2.05. The van der Waals surface area contributed by atoms with Gasteiger partial charge in [0.1, 0.15) is 5.69 Å². The Morgan fingerprint density at radius 1 is 1.18 bits per heavy atom. The summed E-state index contributed by atoms with van der Waals surface area (Å²) in [5.41, 5.74) is 4.57. The molecule has 3 heteroatoms. The Morgan fingerprint density at radius 2 is 1.88 bits per heavy atom. The quantitative estimate of drug-likeness (QED) is 0.706. The summed E-state index contributed by atoms with van der Waals surface area (Å²) in [6.45, 7) is 6.03. The van der Waals surface area contributed by atoms with Crippen LogP contribution in [-0.2, 0) is 4.74 Å². The van der Waals surface area contributed by atoms with Gasteiger partial charge in [-0.15, -0.1) is 0 Å². The molecule has 0 aliphatic carbocycles. The summed E-state index contributed by atoms with van der Waals surface area (Å²) in [4.78, 5) is 15.9. The van der Waals surface area contributed by atoms with E-state index in [9.17, 15) is 4.79 Å². The minimum Gasteiger partial charge on any atom is -0.464 e. The monoisotopic (exact) mass is 229 g/mol. The second kappa shape index (κ2) is 4.17. The van der Waals surface area contributed by atoms with Gasteiger partial charge in [-0.1, -0.05) is 12.1 Å². The number of fused-ring (bicyclic) bond motifs is 1. The number of methoxy groups -OCH3 is 1. The van der Waals surface area contributed by atoms with E-state index in [4.69, 9.17) is 4.74 Å². The van der Waals surface area contributed by atoms with Gasteiger partial charge in [-0.25, -0.2) is 9.78 Å². The Labute approximate surface area is 100 Å². The van der Waals surface area contributed by atoms with Gasteiger partial charge in [0.05, 0.1) is 12.6 Å². The van der Waals surface area contributed by atoms with E-state index in [1.165, 1.54) is 12.7 Å². The number of benzene rings is 1. The van der Waals surface area contributed by atoms with Gasteiger partial charge in [0, 0.05) is 5.39 Å². The van der Waals surface area contributed by atoms with Gasteiger partial charge >= 0.3 is 5.97 Å². The largest absolute Gasteiger partial charge is 0.464 e. The molecule has 0 aliphatic heterocycles. The molecule has 0 bridgehead atoms. The van der Waals surface area contributed by atoms with E-state index in [-0.39, 0.29) is 0 Å². The van der Waals surface area contributed by atoms with Gasteiger partial charge in [-0.3, -0.25) is 0 Å². The number of ether oxygens (including phenoxy) is 1. The summed E-state index contributed by atoms with van der Waals surface area (Å²) >= 11 is 0. The number of rotatable bonds is 1. The maximum Gasteiger partial charge on any atom is 0.356 e. The zero-order chi connectivity index (χ0) is 12.6. The second-order valence-electron chi connectivity index (χ2n) is 4.22. The Hall–Kier alpha value is -1.90. The number of hydrogen-bond donors (Lipinski definition) is 0. The zero-order valence-corrected chi connectivity index (χ0v) is 10.5. The highest BCUT2D eigenvalue weighted by Crippen LogP contribution is 2.23. The first-order valence-corrected chi connectivity index (χ1v) is 5.50. The molecule has 0 amide bonds. The Morgan fingerprint density at radius 3 is 2.53 bits per heavy atom. The second-order valence-corrected chi connectivity index (χ2v) is 4.22. The highest BCUT2D eigenvalue weighted by atomic mass is 16.5. The minimum atomic E-state index is -0.393. The van der Waals surface area contributed by atoms with Gasteiger partial charge < -0.3 is 4.74 Å². The fraction of sp³-hybridized carbons (Fsp3) is 0.286. The molecule has 0 N–H and O–H groups in total. The molecular weight excluding hydrogens is 214 g/mol. The van der Waals surface area contributed by atoms with Crippen molar-refractivity contribution in [2.75, 3.05) is 7.11 Å². The Kier molecular flexibility index (Phi) is 2.84. The van der Waals surface area contributed by atoms with Crippen LogP contribution in [0, 0.1) is 20.8 Å². The average Bonchev–Trinajstić information content (AvgIpc) is 2.33. The van der Waals surface area contributed by atoms with E-state index in [0.717, 1.165) is 22.0 Å². The highest BCUT2D eigenvalue weighted by Gasteiger charge is 2.12. The van der Waals surface area contributed by atoms with E-state index < -0.39 is 5.97 Å². The predicted octanol–water partition coefficient (Wildman–Crippen LogP) is 2.95. The number of nitrogens with zero attached hydrogens (tertiary/aromatic N) is 1. The average molecular weight is 229 g/mol. The van der Waals surface area contributed by atoms with Crippen LogP contribution in [0.2, 0.25) is 0 Å². The minimum absolute atomic E-state index is 0.367. The molecule has 1 heterocycles. The van der Waals surface area contributed by atoms with Crippen LogP contribution in [0.3, 0.4) is 0 Å². The van der Waals surface area contributed by atoms with Crippen molar-refractivity contribution < 1.29 is 9.53 Å². The fourth-order valence-electron chi connectivity index (χ4n) is 1.91. The molecule has 0 unspecified atom stereocenters. The number of carbonyl (C=O) groups is 1. The molecule has 0 atom stereocenters. The van der Waals surface area contributed by atoms with Crippen molar-refractivity contribution in [3.8, 4) is 0 Å². The summed E-state index contributed by atoms with van der Waals surface area (Å²) < 4.78 is 4.71. The molecule has 0 fully saturated rings. The van der Waals surface area contributed by atoms with Crippen LogP contribution in [0.4, 0.5) is 0 Å². The molecule has 1 aromatic heterocycles. The van der Waals surface area contributed by atoms with Gasteiger partial charge in [0.25, 0.3) is 0 Å². The molecule has 0 saturated heterocycles. The maximum absolute atomic E-state index is 11.5. The third kappa shape index (κ3) is 1.88. The van der Waals surface area contributed by atoms with Crippen molar-refractivity contribution in [1.29, 1.82) is 0 Å². The zero-order valence-electron chi connectivity index (χ0n) is 10.5. The van der Waals surface area contributed by atoms with E-state index >= 15 is 0 Å². The molecular formula is C14H15NO2. The number of aromatic nitrogens is 1. The van der Waals surface area contributed by atoms with Crippen LogP contribution < -0.4 is 0 Å². The first-order chi connectivity index (χ1) is 8.04. The number of aryl methyl sites for hydroxylation is 3. The molecule has 2 rings (SSSR count). The highest BCUT2D eigenvalue weighted by molar-refractivity contribution is 5.93. The summed E-state index contributed by atoms with van der Waals surface area (Å²) in [5, 5.41) is 1.08.